The lowest BCUT2D eigenvalue weighted by atomic mass is 10.0. The Morgan fingerprint density at radius 2 is 0.646 bits per heavy atom. The van der Waals surface area contributed by atoms with Crippen LogP contribution in [-0.2, 0) is 14.3 Å². The number of carbonyl (C=O) groups excluding carboxylic acids is 2. The van der Waals surface area contributed by atoms with Gasteiger partial charge in [-0.3, -0.25) is 9.59 Å². The first kappa shape index (κ1) is 63.9. The Kier molecular flexibility index (Phi) is 52.9. The van der Waals surface area contributed by atoms with Crippen molar-refractivity contribution in [3.8, 4) is 0 Å². The van der Waals surface area contributed by atoms with Crippen LogP contribution in [0, 0.1) is 0 Å². The summed E-state index contributed by atoms with van der Waals surface area (Å²) in [5.74, 6) is -0.443. The van der Waals surface area contributed by atoms with Crippen LogP contribution in [0.1, 0.15) is 342 Å². The molecule has 0 aliphatic carbocycles. The first-order valence-corrected chi connectivity index (χ1v) is 29.8. The summed E-state index contributed by atoms with van der Waals surface area (Å²) in [6.45, 7) is 6.54. The van der Waals surface area contributed by atoms with E-state index in [9.17, 15) is 19.8 Å². The minimum absolute atomic E-state index is 0.0886. The molecule has 0 spiro atoms. The number of ether oxygens (including phenoxy) is 1. The van der Waals surface area contributed by atoms with Crippen LogP contribution < -0.4 is 5.32 Å². The summed E-state index contributed by atoms with van der Waals surface area (Å²) in [6, 6.07) is -0.693. The van der Waals surface area contributed by atoms with Gasteiger partial charge in [-0.1, -0.05) is 303 Å². The van der Waals surface area contributed by atoms with E-state index >= 15 is 0 Å². The van der Waals surface area contributed by atoms with Crippen LogP contribution in [0.4, 0.5) is 0 Å². The van der Waals surface area contributed by atoms with Gasteiger partial charge in [-0.05, 0) is 25.7 Å². The van der Waals surface area contributed by atoms with Crippen LogP contribution in [0.2, 0.25) is 0 Å². The molecule has 1 amide bonds. The van der Waals surface area contributed by atoms with Crippen LogP contribution in [0.3, 0.4) is 0 Å². The lowest BCUT2D eigenvalue weighted by Crippen LogP contribution is -2.46. The predicted molar refractivity (Wildman–Crippen MR) is 283 cm³/mol. The Hall–Kier alpha value is -1.14. The fourth-order valence-corrected chi connectivity index (χ4v) is 9.67. The van der Waals surface area contributed by atoms with Gasteiger partial charge in [0.1, 0.15) is 6.10 Å². The molecule has 0 heterocycles. The van der Waals surface area contributed by atoms with Crippen molar-refractivity contribution in [3.05, 3.63) is 0 Å². The Labute approximate surface area is 406 Å². The zero-order valence-corrected chi connectivity index (χ0v) is 44.4. The van der Waals surface area contributed by atoms with E-state index in [0.717, 1.165) is 38.5 Å². The van der Waals surface area contributed by atoms with Crippen molar-refractivity contribution in [2.75, 3.05) is 6.61 Å². The molecule has 0 bridgehead atoms. The number of aliphatic hydroxyl groups is 2. The van der Waals surface area contributed by atoms with Gasteiger partial charge in [0, 0.05) is 6.42 Å². The summed E-state index contributed by atoms with van der Waals surface area (Å²) < 4.78 is 5.97. The van der Waals surface area contributed by atoms with E-state index in [0.29, 0.717) is 19.3 Å². The third-order valence-electron chi connectivity index (χ3n) is 14.2. The molecule has 0 saturated carbocycles. The highest BCUT2D eigenvalue weighted by atomic mass is 16.5. The molecule has 65 heavy (non-hydrogen) atoms. The molecule has 388 valence electrons. The molecule has 3 unspecified atom stereocenters. The molecular weight excluding hydrogens is 803 g/mol. The number of aliphatic hydroxyl groups excluding tert-OH is 2. The second-order valence-corrected chi connectivity index (χ2v) is 20.8. The van der Waals surface area contributed by atoms with Crippen LogP contribution in [0.5, 0.6) is 0 Å². The van der Waals surface area contributed by atoms with E-state index in [1.54, 1.807) is 0 Å². The van der Waals surface area contributed by atoms with Gasteiger partial charge in [0.2, 0.25) is 5.91 Å². The molecule has 0 aliphatic rings. The lowest BCUT2D eigenvalue weighted by Gasteiger charge is -2.24. The Balaban J connectivity index is 4.44. The predicted octanol–water partition coefficient (Wildman–Crippen LogP) is 18.3. The van der Waals surface area contributed by atoms with Gasteiger partial charge < -0.3 is 20.3 Å². The highest BCUT2D eigenvalue weighted by Gasteiger charge is 2.24. The summed E-state index contributed by atoms with van der Waals surface area (Å²) in [4.78, 5) is 26.3. The topological polar surface area (TPSA) is 95.9 Å². The molecule has 0 rings (SSSR count). The van der Waals surface area contributed by atoms with E-state index in [2.05, 4.69) is 26.1 Å². The van der Waals surface area contributed by atoms with Gasteiger partial charge in [0.15, 0.2) is 0 Å². The quantitative estimate of drug-likeness (QED) is 0.0417. The van der Waals surface area contributed by atoms with Crippen LogP contribution in [0.25, 0.3) is 0 Å². The standard InChI is InChI=1S/C59H117NO5/c1-4-7-10-13-16-19-22-25-27-29-31-34-37-40-43-46-49-52-59(64)65-55(50-47-44-41-38-35-32-24-21-18-15-12-9-6-3)53-58(63)60-56(54-61)57(62)51-48-45-42-39-36-33-30-28-26-23-20-17-14-11-8-5-2/h55-57,61-62H,4-54H2,1-3H3,(H,60,63). The number of hydrogen-bond acceptors (Lipinski definition) is 5. The average Bonchev–Trinajstić information content (AvgIpc) is 3.30. The van der Waals surface area contributed by atoms with E-state index < -0.39 is 18.2 Å². The first-order chi connectivity index (χ1) is 32.0. The molecule has 6 nitrogen and oxygen atoms in total. The van der Waals surface area contributed by atoms with Crippen LogP contribution in [0.15, 0.2) is 0 Å². The summed E-state index contributed by atoms with van der Waals surface area (Å²) in [7, 11) is 0. The van der Waals surface area contributed by atoms with Crippen molar-refractivity contribution >= 4 is 11.9 Å². The van der Waals surface area contributed by atoms with E-state index in [-0.39, 0.29) is 24.9 Å². The SMILES string of the molecule is CCCCCCCCCCCCCCCCCCCC(=O)OC(CCCCCCCCCCCCCCC)CC(=O)NC(CO)C(O)CCCCCCCCCCCCCCCCCC. The van der Waals surface area contributed by atoms with Gasteiger partial charge in [0.05, 0.1) is 25.2 Å². The highest BCUT2D eigenvalue weighted by Crippen LogP contribution is 2.19. The van der Waals surface area contributed by atoms with Crippen molar-refractivity contribution in [3.63, 3.8) is 0 Å². The van der Waals surface area contributed by atoms with Gasteiger partial charge >= 0.3 is 5.97 Å². The molecule has 0 fully saturated rings. The van der Waals surface area contributed by atoms with Gasteiger partial charge in [0.25, 0.3) is 0 Å². The van der Waals surface area contributed by atoms with E-state index in [1.165, 1.54) is 257 Å². The maximum atomic E-state index is 13.3. The normalized spacial score (nSPS) is 13.0. The van der Waals surface area contributed by atoms with Crippen molar-refractivity contribution in [2.24, 2.45) is 0 Å². The molecule has 0 aromatic heterocycles. The summed E-state index contributed by atoms with van der Waals surface area (Å²) >= 11 is 0. The van der Waals surface area contributed by atoms with E-state index in [4.69, 9.17) is 4.74 Å². The second-order valence-electron chi connectivity index (χ2n) is 20.8. The van der Waals surface area contributed by atoms with Gasteiger partial charge in [-0.25, -0.2) is 0 Å². The minimum Gasteiger partial charge on any atom is -0.462 e. The Morgan fingerprint density at radius 3 is 0.938 bits per heavy atom. The maximum Gasteiger partial charge on any atom is 0.306 e. The van der Waals surface area contributed by atoms with Crippen molar-refractivity contribution in [2.45, 2.75) is 360 Å². The minimum atomic E-state index is -0.780. The number of amides is 1. The Morgan fingerprint density at radius 1 is 0.385 bits per heavy atom. The molecule has 6 heteroatoms. The zero-order valence-electron chi connectivity index (χ0n) is 44.4. The Bertz CT molecular complexity index is 944. The zero-order chi connectivity index (χ0) is 47.4. The van der Waals surface area contributed by atoms with Crippen molar-refractivity contribution in [1.29, 1.82) is 0 Å². The lowest BCUT2D eigenvalue weighted by molar-refractivity contribution is -0.151. The summed E-state index contributed by atoms with van der Waals surface area (Å²) in [5.41, 5.74) is 0. The van der Waals surface area contributed by atoms with Gasteiger partial charge in [-0.15, -0.1) is 0 Å². The highest BCUT2D eigenvalue weighted by molar-refractivity contribution is 5.77. The fraction of sp³-hybridized carbons (Fsp3) is 0.966. The number of hydrogen-bond donors (Lipinski definition) is 3. The molecule has 3 atom stereocenters. The molecule has 0 radical (unpaired) electrons. The largest absolute Gasteiger partial charge is 0.462 e. The number of esters is 1. The van der Waals surface area contributed by atoms with Gasteiger partial charge in [-0.2, -0.15) is 0 Å². The molecule has 0 aromatic carbocycles. The fourth-order valence-electron chi connectivity index (χ4n) is 9.67. The smallest absolute Gasteiger partial charge is 0.306 e. The monoisotopic (exact) mass is 920 g/mol. The van der Waals surface area contributed by atoms with Crippen molar-refractivity contribution in [1.82, 2.24) is 5.32 Å². The van der Waals surface area contributed by atoms with Crippen molar-refractivity contribution < 1.29 is 24.5 Å². The first-order valence-electron chi connectivity index (χ1n) is 29.8. The molecule has 0 aromatic rings. The van der Waals surface area contributed by atoms with E-state index in [1.807, 2.05) is 0 Å². The average molecular weight is 921 g/mol. The molecule has 3 N–H and O–H groups in total. The summed E-state index contributed by atoms with van der Waals surface area (Å²) in [6.07, 6.45) is 60.3. The second kappa shape index (κ2) is 53.8. The maximum absolute atomic E-state index is 13.3. The van der Waals surface area contributed by atoms with Crippen LogP contribution in [-0.4, -0.2) is 46.9 Å². The van der Waals surface area contributed by atoms with Crippen LogP contribution >= 0.6 is 0 Å². The molecule has 0 saturated heterocycles. The third kappa shape index (κ3) is 49.1. The molecule has 0 aliphatic heterocycles. The number of rotatable bonds is 55. The third-order valence-corrected chi connectivity index (χ3v) is 14.2. The number of carbonyl (C=O) groups is 2. The molecular formula is C59H117NO5. The number of nitrogens with one attached hydrogen (secondary N) is 1. The number of unbranched alkanes of at least 4 members (excludes halogenated alkanes) is 43. The summed E-state index contributed by atoms with van der Waals surface area (Å²) in [5, 5.41) is 23.9.